The molecule has 1 atom stereocenters. The third-order valence-corrected chi connectivity index (χ3v) is 3.77. The van der Waals surface area contributed by atoms with Crippen molar-refractivity contribution in [2.75, 3.05) is 32.8 Å². The lowest BCUT2D eigenvalue weighted by molar-refractivity contribution is 0.000679. The third-order valence-electron chi connectivity index (χ3n) is 2.86. The highest BCUT2D eigenvalue weighted by Gasteiger charge is 2.19. The lowest BCUT2D eigenvalue weighted by Crippen LogP contribution is -2.41. The lowest BCUT2D eigenvalue weighted by Gasteiger charge is -2.28. The molecule has 18 heavy (non-hydrogen) atoms. The van der Waals surface area contributed by atoms with Gasteiger partial charge in [0.1, 0.15) is 11.0 Å². The quantitative estimate of drug-likeness (QED) is 0.773. The molecule has 0 N–H and O–H groups in total. The van der Waals surface area contributed by atoms with Gasteiger partial charge < -0.3 is 9.47 Å². The van der Waals surface area contributed by atoms with E-state index >= 15 is 0 Å². The van der Waals surface area contributed by atoms with Crippen molar-refractivity contribution in [2.24, 2.45) is 0 Å². The maximum absolute atomic E-state index is 11.9. The zero-order valence-corrected chi connectivity index (χ0v) is 11.5. The van der Waals surface area contributed by atoms with Crippen LogP contribution in [0.4, 0.5) is 0 Å². The second-order valence-corrected chi connectivity index (χ2v) is 5.25. The molecule has 0 aliphatic carbocycles. The summed E-state index contributed by atoms with van der Waals surface area (Å²) >= 11 is 1.33. The van der Waals surface area contributed by atoms with Gasteiger partial charge in [0.15, 0.2) is 0 Å². The third kappa shape index (κ3) is 3.51. The summed E-state index contributed by atoms with van der Waals surface area (Å²) < 4.78 is 10.7. The Morgan fingerprint density at radius 1 is 1.61 bits per heavy atom. The standard InChI is InChI=1S/C12H18N2O3S/c1-9(7-14-3-5-16-6-4-14)17-12(15)11-10(2)13-8-18-11/h8-9H,3-7H2,1-2H3/t9-/m0/s1. The Bertz CT molecular complexity index is 402. The minimum atomic E-state index is -0.268. The normalized spacial score (nSPS) is 18.6. The fraction of sp³-hybridized carbons (Fsp3) is 0.667. The first kappa shape index (κ1) is 13.5. The van der Waals surface area contributed by atoms with Crippen LogP contribution in [-0.4, -0.2) is 54.8 Å². The smallest absolute Gasteiger partial charge is 0.350 e. The van der Waals surface area contributed by atoms with Crippen LogP contribution in [0.1, 0.15) is 22.3 Å². The van der Waals surface area contributed by atoms with Crippen LogP contribution in [0.5, 0.6) is 0 Å². The van der Waals surface area contributed by atoms with Crippen molar-refractivity contribution in [3.63, 3.8) is 0 Å². The molecular formula is C12H18N2O3S. The maximum Gasteiger partial charge on any atom is 0.350 e. The zero-order chi connectivity index (χ0) is 13.0. The predicted octanol–water partition coefficient (Wildman–Crippen LogP) is 1.33. The number of hydrogen-bond donors (Lipinski definition) is 0. The first-order valence-electron chi connectivity index (χ1n) is 6.08. The molecule has 1 aliphatic rings. The Hall–Kier alpha value is -0.980. The minimum Gasteiger partial charge on any atom is -0.457 e. The first-order chi connectivity index (χ1) is 8.66. The van der Waals surface area contributed by atoms with Crippen molar-refractivity contribution in [3.8, 4) is 0 Å². The molecule has 1 saturated heterocycles. The van der Waals surface area contributed by atoms with Gasteiger partial charge in [-0.15, -0.1) is 11.3 Å². The van der Waals surface area contributed by atoms with E-state index in [1.54, 1.807) is 5.51 Å². The highest BCUT2D eigenvalue weighted by atomic mass is 32.1. The van der Waals surface area contributed by atoms with Crippen LogP contribution in [-0.2, 0) is 9.47 Å². The molecule has 100 valence electrons. The van der Waals surface area contributed by atoms with Crippen LogP contribution in [0.2, 0.25) is 0 Å². The van der Waals surface area contributed by atoms with E-state index in [4.69, 9.17) is 9.47 Å². The molecule has 1 aromatic heterocycles. The van der Waals surface area contributed by atoms with Crippen LogP contribution >= 0.6 is 11.3 Å². The number of ether oxygens (including phenoxy) is 2. The number of nitrogens with zero attached hydrogens (tertiary/aromatic N) is 2. The molecule has 6 heteroatoms. The van der Waals surface area contributed by atoms with E-state index in [0.29, 0.717) is 4.88 Å². The number of thiazole rings is 1. The van der Waals surface area contributed by atoms with Gasteiger partial charge in [0.2, 0.25) is 0 Å². The lowest BCUT2D eigenvalue weighted by atomic mass is 10.3. The van der Waals surface area contributed by atoms with Crippen LogP contribution in [0.25, 0.3) is 0 Å². The molecule has 2 rings (SSSR count). The summed E-state index contributed by atoms with van der Waals surface area (Å²) in [7, 11) is 0. The van der Waals surface area contributed by atoms with Crippen molar-refractivity contribution in [3.05, 3.63) is 16.1 Å². The minimum absolute atomic E-state index is 0.114. The molecule has 1 aliphatic heterocycles. The summed E-state index contributed by atoms with van der Waals surface area (Å²) in [6.07, 6.45) is -0.114. The van der Waals surface area contributed by atoms with Gasteiger partial charge in [0.05, 0.1) is 24.4 Å². The van der Waals surface area contributed by atoms with Crippen LogP contribution in [0.3, 0.4) is 0 Å². The van der Waals surface area contributed by atoms with Crippen molar-refractivity contribution < 1.29 is 14.3 Å². The van der Waals surface area contributed by atoms with Gasteiger partial charge in [-0.05, 0) is 13.8 Å². The van der Waals surface area contributed by atoms with E-state index in [1.165, 1.54) is 11.3 Å². The van der Waals surface area contributed by atoms with Crippen molar-refractivity contribution in [2.45, 2.75) is 20.0 Å². The molecule has 0 unspecified atom stereocenters. The summed E-state index contributed by atoms with van der Waals surface area (Å²) in [5.41, 5.74) is 2.40. The molecule has 0 aromatic carbocycles. The highest BCUT2D eigenvalue weighted by molar-refractivity contribution is 7.11. The van der Waals surface area contributed by atoms with E-state index in [9.17, 15) is 4.79 Å². The number of hydrogen-bond acceptors (Lipinski definition) is 6. The Morgan fingerprint density at radius 3 is 2.94 bits per heavy atom. The molecule has 1 aromatic rings. The topological polar surface area (TPSA) is 51.7 Å². The second-order valence-electron chi connectivity index (χ2n) is 4.40. The molecule has 0 saturated carbocycles. The Balaban J connectivity index is 1.81. The van der Waals surface area contributed by atoms with Gasteiger partial charge in [-0.1, -0.05) is 0 Å². The van der Waals surface area contributed by atoms with Crippen molar-refractivity contribution in [1.82, 2.24) is 9.88 Å². The number of rotatable bonds is 4. The average molecular weight is 270 g/mol. The molecule has 2 heterocycles. The SMILES string of the molecule is Cc1ncsc1C(=O)O[C@@H](C)CN1CCOCC1. The van der Waals surface area contributed by atoms with Crippen molar-refractivity contribution in [1.29, 1.82) is 0 Å². The number of carbonyl (C=O) groups excluding carboxylic acids is 1. The zero-order valence-electron chi connectivity index (χ0n) is 10.7. The second kappa shape index (κ2) is 6.26. The number of aryl methyl sites for hydroxylation is 1. The van der Waals surface area contributed by atoms with Gasteiger partial charge in [0.25, 0.3) is 0 Å². The Labute approximate surface area is 111 Å². The van der Waals surface area contributed by atoms with Gasteiger partial charge in [0, 0.05) is 19.6 Å². The van der Waals surface area contributed by atoms with Crippen LogP contribution in [0, 0.1) is 6.92 Å². The average Bonchev–Trinajstić information content (AvgIpc) is 2.76. The monoisotopic (exact) mass is 270 g/mol. The van der Waals surface area contributed by atoms with Crippen molar-refractivity contribution >= 4 is 17.3 Å². The molecule has 0 amide bonds. The summed E-state index contributed by atoms with van der Waals surface area (Å²) in [5.74, 6) is -0.268. The number of aromatic nitrogens is 1. The fourth-order valence-corrected chi connectivity index (χ4v) is 2.60. The summed E-state index contributed by atoms with van der Waals surface area (Å²) in [4.78, 5) is 18.8. The van der Waals surface area contributed by atoms with E-state index in [2.05, 4.69) is 9.88 Å². The maximum atomic E-state index is 11.9. The largest absolute Gasteiger partial charge is 0.457 e. The van der Waals surface area contributed by atoms with Crippen LogP contribution < -0.4 is 0 Å². The Morgan fingerprint density at radius 2 is 2.33 bits per heavy atom. The molecule has 1 fully saturated rings. The predicted molar refractivity (Wildman–Crippen MR) is 69.0 cm³/mol. The van der Waals surface area contributed by atoms with Gasteiger partial charge in [-0.2, -0.15) is 0 Å². The number of carbonyl (C=O) groups is 1. The van der Waals surface area contributed by atoms with E-state index in [1.807, 2.05) is 13.8 Å². The number of morpholine rings is 1. The van der Waals surface area contributed by atoms with Gasteiger partial charge in [-0.25, -0.2) is 9.78 Å². The van der Waals surface area contributed by atoms with E-state index < -0.39 is 0 Å². The molecule has 0 spiro atoms. The van der Waals surface area contributed by atoms with Gasteiger partial charge in [-0.3, -0.25) is 4.90 Å². The first-order valence-corrected chi connectivity index (χ1v) is 6.96. The van der Waals surface area contributed by atoms with Gasteiger partial charge >= 0.3 is 5.97 Å². The number of esters is 1. The molecular weight excluding hydrogens is 252 g/mol. The molecule has 5 nitrogen and oxygen atoms in total. The summed E-state index contributed by atoms with van der Waals surface area (Å²) in [5, 5.41) is 0. The highest BCUT2D eigenvalue weighted by Crippen LogP contribution is 2.14. The van der Waals surface area contributed by atoms with Crippen LogP contribution in [0.15, 0.2) is 5.51 Å². The Kier molecular flexibility index (Phi) is 4.68. The van der Waals surface area contributed by atoms with E-state index in [-0.39, 0.29) is 12.1 Å². The van der Waals surface area contributed by atoms with E-state index in [0.717, 1.165) is 38.5 Å². The summed E-state index contributed by atoms with van der Waals surface area (Å²) in [6, 6.07) is 0. The molecule has 0 bridgehead atoms. The molecule has 0 radical (unpaired) electrons. The summed E-state index contributed by atoms with van der Waals surface area (Å²) in [6.45, 7) is 7.82. The fourth-order valence-electron chi connectivity index (χ4n) is 1.92.